The number of rotatable bonds is 10. The molecule has 7 nitrogen and oxygen atoms in total. The maximum absolute atomic E-state index is 11.8. The number of aromatic nitrogens is 1. The largest absolute Gasteiger partial charge is 0.488 e. The molecule has 208 valence electrons. The van der Waals surface area contributed by atoms with Crippen LogP contribution in [0.4, 0.5) is 0 Å². The van der Waals surface area contributed by atoms with E-state index < -0.39 is 12.0 Å². The zero-order valence-electron chi connectivity index (χ0n) is 22.1. The van der Waals surface area contributed by atoms with Crippen molar-refractivity contribution in [3.63, 3.8) is 0 Å². The van der Waals surface area contributed by atoms with Crippen LogP contribution in [0.15, 0.2) is 83.6 Å². The molecule has 3 aromatic carbocycles. The highest BCUT2D eigenvalue weighted by molar-refractivity contribution is 9.10. The Morgan fingerprint density at radius 2 is 1.85 bits per heavy atom. The van der Waals surface area contributed by atoms with Gasteiger partial charge in [-0.25, -0.2) is 0 Å². The fourth-order valence-electron chi connectivity index (χ4n) is 4.93. The third kappa shape index (κ3) is 6.88. The standard InChI is InChI=1S/C32H27BrClN3O4/c33-31-24(8-4-9-26(31)23-6-2-1-3-7-23)20-41-30-14-29(40-19-22-12-21(15-35)16-36-17-22)25(13-27(30)34)18-37-11-5-10-28(37)32(38)39/h1-4,6-9,12-14,16-17,28H,5,10-11,18-20H2,(H,38,39). The van der Waals surface area contributed by atoms with Gasteiger partial charge in [0.25, 0.3) is 0 Å². The highest BCUT2D eigenvalue weighted by Gasteiger charge is 2.31. The van der Waals surface area contributed by atoms with E-state index >= 15 is 0 Å². The molecule has 0 radical (unpaired) electrons. The van der Waals surface area contributed by atoms with Crippen molar-refractivity contribution in [2.45, 2.75) is 38.6 Å². The van der Waals surface area contributed by atoms with E-state index in [-0.39, 0.29) is 13.2 Å². The maximum atomic E-state index is 11.8. The van der Waals surface area contributed by atoms with Crippen LogP contribution in [-0.2, 0) is 24.6 Å². The first-order chi connectivity index (χ1) is 19.9. The molecule has 0 saturated carbocycles. The Balaban J connectivity index is 1.40. The Hall–Kier alpha value is -3.90. The molecule has 2 heterocycles. The summed E-state index contributed by atoms with van der Waals surface area (Å²) in [5.74, 6) is 0.140. The summed E-state index contributed by atoms with van der Waals surface area (Å²) >= 11 is 10.4. The van der Waals surface area contributed by atoms with Gasteiger partial charge in [-0.3, -0.25) is 14.7 Å². The first kappa shape index (κ1) is 28.6. The lowest BCUT2D eigenvalue weighted by Crippen LogP contribution is -2.35. The van der Waals surface area contributed by atoms with Gasteiger partial charge < -0.3 is 14.6 Å². The number of nitriles is 1. The predicted octanol–water partition coefficient (Wildman–Crippen LogP) is 7.24. The first-order valence-electron chi connectivity index (χ1n) is 13.1. The van der Waals surface area contributed by atoms with Gasteiger partial charge in [-0.2, -0.15) is 5.26 Å². The summed E-state index contributed by atoms with van der Waals surface area (Å²) in [6.45, 7) is 1.48. The molecule has 4 aromatic rings. The lowest BCUT2D eigenvalue weighted by atomic mass is 10.0. The van der Waals surface area contributed by atoms with E-state index in [2.05, 4.69) is 45.2 Å². The third-order valence-electron chi connectivity index (χ3n) is 7.00. The number of aliphatic carboxylic acids is 1. The summed E-state index contributed by atoms with van der Waals surface area (Å²) in [5, 5.41) is 19.3. The average molecular weight is 633 g/mol. The van der Waals surface area contributed by atoms with Crippen molar-refractivity contribution in [1.29, 1.82) is 5.26 Å². The summed E-state index contributed by atoms with van der Waals surface area (Å²) in [7, 11) is 0. The Bertz CT molecular complexity index is 1590. The van der Waals surface area contributed by atoms with E-state index in [1.54, 1.807) is 24.4 Å². The number of carbonyl (C=O) groups is 1. The van der Waals surface area contributed by atoms with E-state index in [1.165, 1.54) is 6.20 Å². The number of halogens is 2. The van der Waals surface area contributed by atoms with Gasteiger partial charge in [0.2, 0.25) is 0 Å². The van der Waals surface area contributed by atoms with Crippen molar-refractivity contribution in [2.24, 2.45) is 0 Å². The number of hydrogen-bond donors (Lipinski definition) is 1. The highest BCUT2D eigenvalue weighted by atomic mass is 79.9. The van der Waals surface area contributed by atoms with Crippen molar-refractivity contribution < 1.29 is 19.4 Å². The van der Waals surface area contributed by atoms with Crippen LogP contribution < -0.4 is 9.47 Å². The number of pyridine rings is 1. The summed E-state index contributed by atoms with van der Waals surface area (Å²) in [6.07, 6.45) is 4.55. The van der Waals surface area contributed by atoms with Gasteiger partial charge in [0.15, 0.2) is 0 Å². The molecule has 1 aliphatic rings. The summed E-state index contributed by atoms with van der Waals surface area (Å²) in [6, 6.07) is 22.9. The zero-order valence-corrected chi connectivity index (χ0v) is 24.4. The Morgan fingerprint density at radius 3 is 2.63 bits per heavy atom. The number of hydrogen-bond acceptors (Lipinski definition) is 6. The van der Waals surface area contributed by atoms with E-state index in [1.807, 2.05) is 35.2 Å². The first-order valence-corrected chi connectivity index (χ1v) is 14.3. The van der Waals surface area contributed by atoms with Crippen molar-refractivity contribution in [3.8, 4) is 28.7 Å². The van der Waals surface area contributed by atoms with Crippen molar-refractivity contribution >= 4 is 33.5 Å². The maximum Gasteiger partial charge on any atom is 0.320 e. The van der Waals surface area contributed by atoms with E-state index in [0.29, 0.717) is 41.6 Å². The van der Waals surface area contributed by atoms with Gasteiger partial charge >= 0.3 is 5.97 Å². The van der Waals surface area contributed by atoms with Gasteiger partial charge in [-0.15, -0.1) is 0 Å². The van der Waals surface area contributed by atoms with Crippen molar-refractivity contribution in [2.75, 3.05) is 6.54 Å². The summed E-state index contributed by atoms with van der Waals surface area (Å²) in [5.41, 5.74) is 5.04. The molecule has 1 saturated heterocycles. The minimum atomic E-state index is -0.835. The molecule has 1 aromatic heterocycles. The molecule has 0 bridgehead atoms. The number of likely N-dealkylation sites (tertiary alicyclic amines) is 1. The molecule has 0 amide bonds. The van der Waals surface area contributed by atoms with Crippen LogP contribution in [-0.4, -0.2) is 33.5 Å². The van der Waals surface area contributed by atoms with Crippen molar-refractivity contribution in [1.82, 2.24) is 9.88 Å². The molecule has 1 fully saturated rings. The van der Waals surface area contributed by atoms with Crippen LogP contribution in [0.5, 0.6) is 11.5 Å². The SMILES string of the molecule is N#Cc1cncc(COc2cc(OCc3cccc(-c4ccccc4)c3Br)c(Cl)cc2CN2CCCC2C(=O)O)c1. The van der Waals surface area contributed by atoms with E-state index in [0.717, 1.165) is 38.7 Å². The smallest absolute Gasteiger partial charge is 0.320 e. The molecular formula is C32H27BrClN3O4. The lowest BCUT2D eigenvalue weighted by molar-refractivity contribution is -0.142. The monoisotopic (exact) mass is 631 g/mol. The molecule has 1 N–H and O–H groups in total. The van der Waals surface area contributed by atoms with Crippen LogP contribution in [0, 0.1) is 11.3 Å². The minimum absolute atomic E-state index is 0.170. The van der Waals surface area contributed by atoms with Crippen LogP contribution >= 0.6 is 27.5 Å². The number of carboxylic acid groups (broad SMARTS) is 1. The molecule has 1 unspecified atom stereocenters. The van der Waals surface area contributed by atoms with Crippen molar-refractivity contribution in [3.05, 3.63) is 111 Å². The summed E-state index contributed by atoms with van der Waals surface area (Å²) < 4.78 is 13.3. The Kier molecular flexibility index (Phi) is 9.20. The minimum Gasteiger partial charge on any atom is -0.488 e. The second-order valence-electron chi connectivity index (χ2n) is 9.77. The molecule has 1 atom stereocenters. The molecule has 5 rings (SSSR count). The quantitative estimate of drug-likeness (QED) is 0.197. The highest BCUT2D eigenvalue weighted by Crippen LogP contribution is 2.37. The molecule has 0 aliphatic carbocycles. The fourth-order valence-corrected chi connectivity index (χ4v) is 5.78. The topological polar surface area (TPSA) is 95.7 Å². The summed E-state index contributed by atoms with van der Waals surface area (Å²) in [4.78, 5) is 17.8. The zero-order chi connectivity index (χ0) is 28.8. The average Bonchev–Trinajstić information content (AvgIpc) is 3.46. The molecule has 41 heavy (non-hydrogen) atoms. The van der Waals surface area contributed by atoms with Crippen LogP contribution in [0.3, 0.4) is 0 Å². The van der Waals surface area contributed by atoms with E-state index in [4.69, 9.17) is 21.1 Å². The number of benzene rings is 3. The lowest BCUT2D eigenvalue weighted by Gasteiger charge is -2.23. The molecular weight excluding hydrogens is 606 g/mol. The van der Waals surface area contributed by atoms with Crippen LogP contribution in [0.1, 0.15) is 35.1 Å². The number of carboxylic acids is 1. The number of ether oxygens (including phenoxy) is 2. The van der Waals surface area contributed by atoms with Gasteiger partial charge in [0, 0.05) is 46.2 Å². The van der Waals surface area contributed by atoms with E-state index in [9.17, 15) is 15.2 Å². The second kappa shape index (κ2) is 13.2. The fraction of sp³-hybridized carbons (Fsp3) is 0.219. The second-order valence-corrected chi connectivity index (χ2v) is 11.0. The molecule has 9 heteroatoms. The van der Waals surface area contributed by atoms with Gasteiger partial charge in [0.05, 0.1) is 10.6 Å². The Labute approximate surface area is 252 Å². The Morgan fingerprint density at radius 1 is 1.05 bits per heavy atom. The third-order valence-corrected chi connectivity index (χ3v) is 8.23. The van der Waals surface area contributed by atoms with Gasteiger partial charge in [-0.05, 0) is 58.6 Å². The van der Waals surface area contributed by atoms with Gasteiger partial charge in [0.1, 0.15) is 36.8 Å². The molecule has 1 aliphatic heterocycles. The normalized spacial score (nSPS) is 14.9. The predicted molar refractivity (Wildman–Crippen MR) is 160 cm³/mol. The van der Waals surface area contributed by atoms with Crippen LogP contribution in [0.2, 0.25) is 5.02 Å². The van der Waals surface area contributed by atoms with Gasteiger partial charge in [-0.1, -0.05) is 60.1 Å². The van der Waals surface area contributed by atoms with Crippen LogP contribution in [0.25, 0.3) is 11.1 Å². The molecule has 0 spiro atoms. The number of nitrogens with zero attached hydrogens (tertiary/aromatic N) is 3.